The van der Waals surface area contributed by atoms with Gasteiger partial charge in [-0.15, -0.1) is 0 Å². The van der Waals surface area contributed by atoms with Gasteiger partial charge in [-0.25, -0.2) is 29.9 Å². The molecule has 1 amide bonds. The molecule has 0 aromatic carbocycles. The van der Waals surface area contributed by atoms with Gasteiger partial charge in [-0.3, -0.25) is 9.59 Å². The molecule has 9 heterocycles. The van der Waals surface area contributed by atoms with Crippen LogP contribution in [0.1, 0.15) is 173 Å². The summed E-state index contributed by atoms with van der Waals surface area (Å²) in [5, 5.41) is 53.1. The van der Waals surface area contributed by atoms with E-state index in [9.17, 15) is 9.59 Å². The molecule has 0 bridgehead atoms. The van der Waals surface area contributed by atoms with Crippen LogP contribution in [0.3, 0.4) is 0 Å². The number of rotatable bonds is 17. The predicted octanol–water partition coefficient (Wildman–Crippen LogP) is 12.1. The van der Waals surface area contributed by atoms with Crippen LogP contribution >= 0.6 is 0 Å². The number of fused-ring (bicyclic) bond motifs is 3. The minimum atomic E-state index is -0.0799. The van der Waals surface area contributed by atoms with Crippen molar-refractivity contribution in [2.45, 2.75) is 149 Å². The van der Waals surface area contributed by atoms with Crippen molar-refractivity contribution in [3.8, 4) is 35.7 Å². The van der Waals surface area contributed by atoms with Crippen molar-refractivity contribution in [3.05, 3.63) is 131 Å². The molecular formula is C67H72N18O2. The van der Waals surface area contributed by atoms with Crippen LogP contribution < -0.4 is 16.0 Å². The first-order valence-corrected chi connectivity index (χ1v) is 30.8. The second-order valence-electron chi connectivity index (χ2n) is 25.4. The first-order valence-electron chi connectivity index (χ1n) is 30.8. The van der Waals surface area contributed by atoms with E-state index in [-0.39, 0.29) is 17.7 Å². The van der Waals surface area contributed by atoms with Gasteiger partial charge < -0.3 is 16.0 Å². The summed E-state index contributed by atoms with van der Waals surface area (Å²) in [6.45, 7) is 13.5. The fourth-order valence-corrected chi connectivity index (χ4v) is 11.9. The molecule has 0 saturated heterocycles. The fourth-order valence-electron chi connectivity index (χ4n) is 11.9. The lowest BCUT2D eigenvalue weighted by molar-refractivity contribution is 0.0846. The van der Waals surface area contributed by atoms with Crippen molar-refractivity contribution in [2.24, 2.45) is 35.5 Å². The number of hydrogen-bond donors (Lipinski definition) is 3. The molecule has 0 spiro atoms. The van der Waals surface area contributed by atoms with Crippen molar-refractivity contribution < 1.29 is 9.59 Å². The van der Waals surface area contributed by atoms with Gasteiger partial charge in [0.2, 0.25) is 0 Å². The number of ketones is 1. The average molecular weight is 1160 g/mol. The number of hydrogen-bond acceptors (Lipinski definition) is 16. The highest BCUT2D eigenvalue weighted by molar-refractivity contribution is 6.02. The van der Waals surface area contributed by atoms with Crippen LogP contribution in [-0.4, -0.2) is 89.1 Å². The molecule has 0 radical (unpaired) electrons. The summed E-state index contributed by atoms with van der Waals surface area (Å²) in [5.41, 5.74) is 9.03. The number of nitrogens with zero attached hydrogens (tertiary/aromatic N) is 15. The van der Waals surface area contributed by atoms with Crippen molar-refractivity contribution in [1.29, 1.82) is 15.8 Å². The van der Waals surface area contributed by atoms with Crippen LogP contribution in [0.2, 0.25) is 0 Å². The van der Waals surface area contributed by atoms with E-state index in [0.29, 0.717) is 98.8 Å². The highest BCUT2D eigenvalue weighted by atomic mass is 16.1. The van der Waals surface area contributed by atoms with Crippen molar-refractivity contribution in [3.63, 3.8) is 0 Å². The number of carbonyl (C=O) groups excluding carboxylic acids is 2. The van der Waals surface area contributed by atoms with E-state index in [1.54, 1.807) is 69.4 Å². The van der Waals surface area contributed by atoms with E-state index in [4.69, 9.17) is 15.8 Å². The molecule has 9 aromatic rings. The van der Waals surface area contributed by atoms with Gasteiger partial charge >= 0.3 is 0 Å². The van der Waals surface area contributed by atoms with Crippen LogP contribution in [-0.2, 0) is 6.42 Å². The van der Waals surface area contributed by atoms with Gasteiger partial charge in [0.15, 0.2) is 40.2 Å². The minimum absolute atomic E-state index is 0.0799. The molecule has 20 heteroatoms. The molecule has 87 heavy (non-hydrogen) atoms. The topological polar surface area (TPSA) is 272 Å². The van der Waals surface area contributed by atoms with Crippen LogP contribution in [0.5, 0.6) is 0 Å². The normalized spacial score (nSPS) is 18.7. The summed E-state index contributed by atoms with van der Waals surface area (Å²) in [6, 6.07) is 18.6. The molecule has 0 aliphatic heterocycles. The van der Waals surface area contributed by atoms with Crippen molar-refractivity contribution >= 4 is 56.2 Å². The van der Waals surface area contributed by atoms with Crippen molar-refractivity contribution in [2.75, 3.05) is 10.6 Å². The maximum Gasteiger partial charge on any atom is 0.255 e. The largest absolute Gasteiger partial charge is 0.382 e. The maximum absolute atomic E-state index is 13.1. The molecular weight excluding hydrogens is 1090 g/mol. The molecule has 3 N–H and O–H groups in total. The van der Waals surface area contributed by atoms with E-state index in [2.05, 4.69) is 127 Å². The first-order chi connectivity index (χ1) is 42.2. The quantitative estimate of drug-likeness (QED) is 0.0715. The molecule has 0 unspecified atom stereocenters. The average Bonchev–Trinajstić information content (AvgIpc) is 2.87. The number of Topliss-reactive ketones (excluding diaryl/α,β-unsaturated/α-hetero) is 1. The Hall–Kier alpha value is -9.48. The zero-order chi connectivity index (χ0) is 60.5. The molecule has 20 nitrogen and oxygen atoms in total. The van der Waals surface area contributed by atoms with Crippen LogP contribution in [0.4, 0.5) is 11.4 Å². The van der Waals surface area contributed by atoms with E-state index in [1.807, 2.05) is 18.3 Å². The molecule has 14 rings (SSSR count). The number of aromatic nitrogens is 12. The Bertz CT molecular complexity index is 4170. The molecule has 2 atom stereocenters. The Morgan fingerprint density at radius 3 is 1.41 bits per heavy atom. The smallest absolute Gasteiger partial charge is 0.255 e. The summed E-state index contributed by atoms with van der Waals surface area (Å²) < 4.78 is 5.05. The van der Waals surface area contributed by atoms with Crippen molar-refractivity contribution in [1.82, 2.24) is 64.6 Å². The Labute approximate surface area is 505 Å². The van der Waals surface area contributed by atoms with Gasteiger partial charge in [0.05, 0.1) is 57.8 Å². The Morgan fingerprint density at radius 2 is 0.966 bits per heavy atom. The number of nitriles is 3. The number of anilines is 2. The lowest BCUT2D eigenvalue weighted by Gasteiger charge is -2.37. The summed E-state index contributed by atoms with van der Waals surface area (Å²) in [6.07, 6.45) is 29.3. The van der Waals surface area contributed by atoms with Crippen LogP contribution in [0, 0.1) is 69.5 Å². The van der Waals surface area contributed by atoms with E-state index in [0.717, 1.165) is 109 Å². The molecule has 442 valence electrons. The monoisotopic (exact) mass is 1160 g/mol. The van der Waals surface area contributed by atoms with Gasteiger partial charge in [-0.05, 0) is 154 Å². The maximum atomic E-state index is 13.1. The van der Waals surface area contributed by atoms with E-state index < -0.39 is 0 Å². The summed E-state index contributed by atoms with van der Waals surface area (Å²) in [4.78, 5) is 53.1. The third kappa shape index (κ3) is 13.2. The zero-order valence-electron chi connectivity index (χ0n) is 50.2. The van der Waals surface area contributed by atoms with Gasteiger partial charge in [0, 0.05) is 90.0 Å². The second kappa shape index (κ2) is 24.9. The van der Waals surface area contributed by atoms with Crippen LogP contribution in [0.25, 0.3) is 50.6 Å². The molecule has 5 saturated carbocycles. The SMILES string of the molecule is CC(C)C1CC(CC(=O)c2cnc(-n3ncc4cc(C#N)cnc43)cc2NC2CC2)C1.CC(C)[C@H]1CC[C@H](NC(=O)c2cnc(-n3ncc4cc(C#N)cnc43)cc2NC2CC2)C1.CC(C)c1cnc(-n2ncc3cc(C#N)cnc32)cc1CC1CC1. The predicted molar refractivity (Wildman–Crippen MR) is 331 cm³/mol. The third-order valence-corrected chi connectivity index (χ3v) is 17.7. The summed E-state index contributed by atoms with van der Waals surface area (Å²) in [5.74, 6) is 6.61. The van der Waals surface area contributed by atoms with Gasteiger partial charge in [-0.2, -0.15) is 45.1 Å². The van der Waals surface area contributed by atoms with Gasteiger partial charge in [0.1, 0.15) is 18.2 Å². The number of carbonyl (C=O) groups is 2. The standard InChI is InChI=1S/C24H27N7O.C24H26N6O.C19H19N5/c1-14(2)16-3-4-19(8-16)30-24(32)20-13-26-22(9-21(20)29-18-5-6-18)31-23-17(12-28-31)7-15(10-25)11-27-23;1-14(2)17-5-15(6-17)8-22(31)20-13-26-23(9-21(20)29-19-3-4-19)30-24-18(12-28-30)7-16(10-25)11-27-24;1-12(2)17-11-21-18(7-15(17)5-13-3-4-13)24-19-16(10-23-24)6-14(8-20)9-22-19/h7,9,11-14,16,18-19H,3-6,8H2,1-2H3,(H,26,29)(H,30,32);7,9,11-15,17,19H,3-6,8H2,1-2H3,(H,26,29);6-7,9-13H,3-5H2,1-2H3/t16-,19-;;/m0../s1. The number of pyridine rings is 6. The van der Waals surface area contributed by atoms with Crippen LogP contribution in [0.15, 0.2) is 92.2 Å². The lowest BCUT2D eigenvalue weighted by Crippen LogP contribution is -2.34. The first kappa shape index (κ1) is 57.9. The van der Waals surface area contributed by atoms with E-state index in [1.165, 1.54) is 42.8 Å². The highest BCUT2D eigenvalue weighted by Gasteiger charge is 2.34. The molecule has 9 aromatic heterocycles. The van der Waals surface area contributed by atoms with E-state index >= 15 is 0 Å². The Kier molecular flexibility index (Phi) is 16.5. The highest BCUT2D eigenvalue weighted by Crippen LogP contribution is 2.42. The van der Waals surface area contributed by atoms with Gasteiger partial charge in [0.25, 0.3) is 5.91 Å². The molecule has 5 aliphatic carbocycles. The minimum Gasteiger partial charge on any atom is -0.382 e. The molecule has 5 fully saturated rings. The third-order valence-electron chi connectivity index (χ3n) is 17.7. The fraction of sp³-hybridized carbons (Fsp3) is 0.433. The second-order valence-corrected chi connectivity index (χ2v) is 25.4. The summed E-state index contributed by atoms with van der Waals surface area (Å²) in [7, 11) is 0. The van der Waals surface area contributed by atoms with Gasteiger partial charge in [-0.1, -0.05) is 41.5 Å². The Morgan fingerprint density at radius 1 is 0.506 bits per heavy atom. The number of nitrogens with one attached hydrogen (secondary N) is 3. The number of amides is 1. The Balaban J connectivity index is 0.000000129. The zero-order valence-corrected chi connectivity index (χ0v) is 50.2. The lowest BCUT2D eigenvalue weighted by atomic mass is 9.67. The molecule has 5 aliphatic rings. The summed E-state index contributed by atoms with van der Waals surface area (Å²) >= 11 is 0.